The zero-order valence-electron chi connectivity index (χ0n) is 12.0. The number of hydrogen-bond donors (Lipinski definition) is 1. The van der Waals surface area contributed by atoms with Crippen LogP contribution in [0.2, 0.25) is 0 Å². The SMILES string of the molecule is CCC(C)C(c1ccccc1)C(N)c1csc(C)c1. The Labute approximate surface area is 120 Å². The lowest BCUT2D eigenvalue weighted by Crippen LogP contribution is -2.24. The smallest absolute Gasteiger partial charge is 0.0375 e. The second kappa shape index (κ2) is 6.36. The molecule has 1 aromatic heterocycles. The molecular weight excluding hydrogens is 250 g/mol. The Kier molecular flexibility index (Phi) is 4.78. The van der Waals surface area contributed by atoms with Crippen molar-refractivity contribution in [2.45, 2.75) is 39.2 Å². The van der Waals surface area contributed by atoms with Crippen molar-refractivity contribution in [3.8, 4) is 0 Å². The van der Waals surface area contributed by atoms with Gasteiger partial charge in [-0.05, 0) is 35.4 Å². The van der Waals surface area contributed by atoms with Crippen molar-refractivity contribution in [3.05, 3.63) is 57.8 Å². The Balaban J connectivity index is 2.33. The van der Waals surface area contributed by atoms with E-state index in [0.29, 0.717) is 11.8 Å². The van der Waals surface area contributed by atoms with Crippen LogP contribution in [-0.2, 0) is 0 Å². The first-order chi connectivity index (χ1) is 9.13. The summed E-state index contributed by atoms with van der Waals surface area (Å²) in [7, 11) is 0. The summed E-state index contributed by atoms with van der Waals surface area (Å²) in [5.74, 6) is 0.970. The molecule has 0 saturated heterocycles. The topological polar surface area (TPSA) is 26.0 Å². The first-order valence-electron chi connectivity index (χ1n) is 6.99. The van der Waals surface area contributed by atoms with E-state index in [1.165, 1.54) is 16.0 Å². The van der Waals surface area contributed by atoms with Crippen molar-refractivity contribution in [1.29, 1.82) is 0 Å². The van der Waals surface area contributed by atoms with Crippen molar-refractivity contribution < 1.29 is 0 Å². The van der Waals surface area contributed by atoms with E-state index in [1.807, 2.05) is 0 Å². The van der Waals surface area contributed by atoms with E-state index in [4.69, 9.17) is 5.73 Å². The fourth-order valence-corrected chi connectivity index (χ4v) is 3.42. The maximum atomic E-state index is 6.57. The third-order valence-electron chi connectivity index (χ3n) is 3.96. The van der Waals surface area contributed by atoms with E-state index in [-0.39, 0.29) is 6.04 Å². The van der Waals surface area contributed by atoms with E-state index < -0.39 is 0 Å². The minimum atomic E-state index is 0.0855. The summed E-state index contributed by atoms with van der Waals surface area (Å²) >= 11 is 1.78. The number of thiophene rings is 1. The summed E-state index contributed by atoms with van der Waals surface area (Å²) in [5.41, 5.74) is 9.20. The maximum absolute atomic E-state index is 6.57. The third-order valence-corrected chi connectivity index (χ3v) is 4.84. The molecule has 0 saturated carbocycles. The molecule has 0 bridgehead atoms. The van der Waals surface area contributed by atoms with E-state index in [1.54, 1.807) is 11.3 Å². The molecule has 2 rings (SSSR count). The highest BCUT2D eigenvalue weighted by molar-refractivity contribution is 7.10. The predicted molar refractivity (Wildman–Crippen MR) is 84.6 cm³/mol. The van der Waals surface area contributed by atoms with Crippen LogP contribution < -0.4 is 5.73 Å². The van der Waals surface area contributed by atoms with Crippen LogP contribution in [-0.4, -0.2) is 0 Å². The molecule has 0 radical (unpaired) electrons. The Morgan fingerprint density at radius 3 is 2.37 bits per heavy atom. The standard InChI is InChI=1S/C17H23NS/c1-4-12(2)16(14-8-6-5-7-9-14)17(18)15-10-13(3)19-11-15/h5-12,16-17H,4,18H2,1-3H3. The predicted octanol–water partition coefficient (Wildman–Crippen LogP) is 4.89. The molecular formula is C17H23NS. The lowest BCUT2D eigenvalue weighted by molar-refractivity contribution is 0.388. The largest absolute Gasteiger partial charge is 0.323 e. The molecule has 1 aromatic carbocycles. The Hall–Kier alpha value is -1.12. The van der Waals surface area contributed by atoms with Crippen molar-refractivity contribution >= 4 is 11.3 Å². The molecule has 2 heteroatoms. The van der Waals surface area contributed by atoms with Crippen LogP contribution in [0.1, 0.15) is 48.2 Å². The molecule has 3 unspecified atom stereocenters. The summed E-state index contributed by atoms with van der Waals surface area (Å²) in [6.45, 7) is 6.69. The van der Waals surface area contributed by atoms with E-state index in [0.717, 1.165) is 6.42 Å². The summed E-state index contributed by atoms with van der Waals surface area (Å²) in [6, 6.07) is 13.0. The molecule has 0 aliphatic carbocycles. The molecule has 102 valence electrons. The van der Waals surface area contributed by atoms with Gasteiger partial charge in [0.15, 0.2) is 0 Å². The minimum Gasteiger partial charge on any atom is -0.323 e. The summed E-state index contributed by atoms with van der Waals surface area (Å²) in [4.78, 5) is 1.33. The molecule has 1 heterocycles. The Morgan fingerprint density at radius 2 is 1.84 bits per heavy atom. The average molecular weight is 273 g/mol. The first kappa shape index (κ1) is 14.3. The fourth-order valence-electron chi connectivity index (χ4n) is 2.66. The molecule has 0 spiro atoms. The molecule has 0 amide bonds. The molecule has 1 nitrogen and oxygen atoms in total. The van der Waals surface area contributed by atoms with Crippen LogP contribution >= 0.6 is 11.3 Å². The second-order valence-electron chi connectivity index (χ2n) is 5.34. The van der Waals surface area contributed by atoms with Gasteiger partial charge in [0.05, 0.1) is 0 Å². The Bertz CT molecular complexity index is 503. The van der Waals surface area contributed by atoms with Crippen LogP contribution in [0.25, 0.3) is 0 Å². The van der Waals surface area contributed by atoms with Crippen molar-refractivity contribution in [3.63, 3.8) is 0 Å². The molecule has 0 aliphatic rings. The highest BCUT2D eigenvalue weighted by atomic mass is 32.1. The number of nitrogens with two attached hydrogens (primary N) is 1. The summed E-state index contributed by atoms with van der Waals surface area (Å²) < 4.78 is 0. The molecule has 0 aliphatic heterocycles. The zero-order chi connectivity index (χ0) is 13.8. The van der Waals surface area contributed by atoms with E-state index in [2.05, 4.69) is 62.5 Å². The number of hydrogen-bond acceptors (Lipinski definition) is 2. The lowest BCUT2D eigenvalue weighted by Gasteiger charge is -2.29. The van der Waals surface area contributed by atoms with Crippen molar-refractivity contribution in [2.75, 3.05) is 0 Å². The zero-order valence-corrected chi connectivity index (χ0v) is 12.8. The monoisotopic (exact) mass is 273 g/mol. The molecule has 2 aromatic rings. The van der Waals surface area contributed by atoms with Crippen LogP contribution in [0.15, 0.2) is 41.8 Å². The number of aryl methyl sites for hydroxylation is 1. The maximum Gasteiger partial charge on any atom is 0.0375 e. The quantitative estimate of drug-likeness (QED) is 0.825. The lowest BCUT2D eigenvalue weighted by atomic mass is 9.78. The van der Waals surface area contributed by atoms with Gasteiger partial charge in [-0.2, -0.15) is 0 Å². The summed E-state index contributed by atoms with van der Waals surface area (Å²) in [5, 5.41) is 2.21. The van der Waals surface area contributed by atoms with Gasteiger partial charge in [-0.1, -0.05) is 50.6 Å². The third kappa shape index (κ3) is 3.26. The Morgan fingerprint density at radius 1 is 1.16 bits per heavy atom. The molecule has 19 heavy (non-hydrogen) atoms. The van der Waals surface area contributed by atoms with Gasteiger partial charge in [0.2, 0.25) is 0 Å². The highest BCUT2D eigenvalue weighted by Crippen LogP contribution is 2.37. The van der Waals surface area contributed by atoms with Crippen molar-refractivity contribution in [1.82, 2.24) is 0 Å². The summed E-state index contributed by atoms with van der Waals surface area (Å²) in [6.07, 6.45) is 1.15. The van der Waals surface area contributed by atoms with E-state index in [9.17, 15) is 0 Å². The minimum absolute atomic E-state index is 0.0855. The first-order valence-corrected chi connectivity index (χ1v) is 7.87. The number of rotatable bonds is 5. The van der Waals surface area contributed by atoms with Gasteiger partial charge in [0, 0.05) is 16.8 Å². The molecule has 3 atom stereocenters. The average Bonchev–Trinajstić information content (AvgIpc) is 2.86. The van der Waals surface area contributed by atoms with Gasteiger partial charge < -0.3 is 5.73 Å². The molecule has 2 N–H and O–H groups in total. The van der Waals surface area contributed by atoms with Crippen LogP contribution in [0.4, 0.5) is 0 Å². The van der Waals surface area contributed by atoms with Gasteiger partial charge in [-0.25, -0.2) is 0 Å². The van der Waals surface area contributed by atoms with Gasteiger partial charge >= 0.3 is 0 Å². The van der Waals surface area contributed by atoms with Gasteiger partial charge in [0.25, 0.3) is 0 Å². The highest BCUT2D eigenvalue weighted by Gasteiger charge is 2.26. The van der Waals surface area contributed by atoms with Gasteiger partial charge in [0.1, 0.15) is 0 Å². The normalized spacial score (nSPS) is 16.0. The number of benzene rings is 1. The van der Waals surface area contributed by atoms with Gasteiger partial charge in [-0.15, -0.1) is 11.3 Å². The second-order valence-corrected chi connectivity index (χ2v) is 6.45. The fraction of sp³-hybridized carbons (Fsp3) is 0.412. The van der Waals surface area contributed by atoms with E-state index >= 15 is 0 Å². The van der Waals surface area contributed by atoms with Crippen LogP contribution in [0.3, 0.4) is 0 Å². The van der Waals surface area contributed by atoms with Crippen LogP contribution in [0, 0.1) is 12.8 Å². The van der Waals surface area contributed by atoms with Gasteiger partial charge in [-0.3, -0.25) is 0 Å². The van der Waals surface area contributed by atoms with Crippen molar-refractivity contribution in [2.24, 2.45) is 11.7 Å². The molecule has 0 fully saturated rings. The van der Waals surface area contributed by atoms with Crippen LogP contribution in [0.5, 0.6) is 0 Å².